The highest BCUT2D eigenvalue weighted by Gasteiger charge is 2.68. The summed E-state index contributed by atoms with van der Waals surface area (Å²) < 4.78 is 0. The van der Waals surface area contributed by atoms with Gasteiger partial charge in [0, 0.05) is 24.1 Å². The normalized spacial score (nSPS) is 26.4. The average molecular weight is 454 g/mol. The molecule has 0 aromatic heterocycles. The predicted molar refractivity (Wildman–Crippen MR) is 112 cm³/mol. The smallest absolute Gasteiger partial charge is 0.324 e. The second-order valence-corrected chi connectivity index (χ2v) is 8.29. The number of benzene rings is 2. The van der Waals surface area contributed by atoms with Gasteiger partial charge in [0.2, 0.25) is 11.8 Å². The largest absolute Gasteiger partial charge is 0.508 e. The fraction of sp³-hybridized carbons (Fsp3) is 0.304. The molecule has 33 heavy (non-hydrogen) atoms. The van der Waals surface area contributed by atoms with Gasteiger partial charge in [-0.15, -0.1) is 0 Å². The predicted octanol–water partition coefficient (Wildman–Crippen LogP) is 1.23. The number of amides is 2. The van der Waals surface area contributed by atoms with Gasteiger partial charge in [0.15, 0.2) is 0 Å². The van der Waals surface area contributed by atoms with Crippen molar-refractivity contribution in [3.8, 4) is 11.5 Å². The van der Waals surface area contributed by atoms with Crippen LogP contribution in [-0.4, -0.2) is 54.6 Å². The second kappa shape index (κ2) is 8.21. The maximum Gasteiger partial charge on any atom is 0.324 e. The summed E-state index contributed by atoms with van der Waals surface area (Å²) in [4.78, 5) is 51.6. The maximum absolute atomic E-state index is 13.4. The molecular formula is C23H22N2O8. The molecule has 2 heterocycles. The lowest BCUT2D eigenvalue weighted by Crippen LogP contribution is -2.55. The number of aromatic hydroxyl groups is 2. The van der Waals surface area contributed by atoms with E-state index in [1.165, 1.54) is 12.1 Å². The number of hydrogen-bond donors (Lipinski definition) is 5. The van der Waals surface area contributed by atoms with Crippen molar-refractivity contribution in [2.24, 2.45) is 11.8 Å². The molecule has 4 rings (SSSR count). The van der Waals surface area contributed by atoms with E-state index in [0.717, 1.165) is 11.0 Å². The van der Waals surface area contributed by atoms with Crippen LogP contribution in [0.25, 0.3) is 0 Å². The lowest BCUT2D eigenvalue weighted by molar-refractivity contribution is -0.153. The lowest BCUT2D eigenvalue weighted by Gasteiger charge is -2.31. The topological polar surface area (TPSA) is 164 Å². The van der Waals surface area contributed by atoms with E-state index < -0.39 is 60.0 Å². The number of aliphatic carboxylic acids is 2. The summed E-state index contributed by atoms with van der Waals surface area (Å²) in [6, 6.07) is 11.3. The van der Waals surface area contributed by atoms with E-state index in [-0.39, 0.29) is 23.6 Å². The second-order valence-electron chi connectivity index (χ2n) is 8.29. The minimum atomic E-state index is -2.03. The van der Waals surface area contributed by atoms with Crippen molar-refractivity contribution in [2.75, 3.05) is 0 Å². The number of nitrogens with one attached hydrogen (secondary N) is 1. The molecule has 0 radical (unpaired) electrons. The van der Waals surface area contributed by atoms with Gasteiger partial charge in [0.25, 0.3) is 0 Å². The van der Waals surface area contributed by atoms with Gasteiger partial charge >= 0.3 is 11.9 Å². The van der Waals surface area contributed by atoms with Crippen LogP contribution in [0, 0.1) is 11.8 Å². The fourth-order valence-electron chi connectivity index (χ4n) is 4.88. The molecule has 4 atom stereocenters. The van der Waals surface area contributed by atoms with Crippen molar-refractivity contribution in [2.45, 2.75) is 31.0 Å². The number of phenolic OH excluding ortho intramolecular Hbond substituents is 2. The van der Waals surface area contributed by atoms with Crippen molar-refractivity contribution in [3.63, 3.8) is 0 Å². The molecule has 2 aromatic rings. The fourth-order valence-corrected chi connectivity index (χ4v) is 4.88. The Hall–Kier alpha value is -3.92. The van der Waals surface area contributed by atoms with Gasteiger partial charge in [-0.05, 0) is 18.1 Å². The number of nitrogens with zero attached hydrogens (tertiary/aromatic N) is 1. The van der Waals surface area contributed by atoms with Gasteiger partial charge in [-0.25, -0.2) is 0 Å². The average Bonchev–Trinajstić information content (AvgIpc) is 3.23. The minimum absolute atomic E-state index is 0.0611. The van der Waals surface area contributed by atoms with Gasteiger partial charge in [-0.3, -0.25) is 29.4 Å². The van der Waals surface area contributed by atoms with Crippen LogP contribution in [-0.2, 0) is 25.7 Å². The monoisotopic (exact) mass is 454 g/mol. The number of carbonyl (C=O) groups is 4. The van der Waals surface area contributed by atoms with Crippen LogP contribution in [0.1, 0.15) is 30.0 Å². The Kier molecular flexibility index (Phi) is 5.54. The molecule has 4 unspecified atom stereocenters. The molecule has 2 amide bonds. The summed E-state index contributed by atoms with van der Waals surface area (Å²) in [6.45, 7) is -0.0611. The summed E-state index contributed by atoms with van der Waals surface area (Å²) in [5.41, 5.74) is -1.23. The van der Waals surface area contributed by atoms with Crippen LogP contribution >= 0.6 is 0 Å². The maximum atomic E-state index is 13.4. The number of imide groups is 1. The Morgan fingerprint density at radius 1 is 1.00 bits per heavy atom. The Morgan fingerprint density at radius 2 is 1.70 bits per heavy atom. The van der Waals surface area contributed by atoms with E-state index >= 15 is 0 Å². The van der Waals surface area contributed by atoms with Crippen LogP contribution in [0.3, 0.4) is 0 Å². The van der Waals surface area contributed by atoms with Crippen molar-refractivity contribution < 1.29 is 39.6 Å². The third-order valence-electron chi connectivity index (χ3n) is 6.39. The first-order valence-electron chi connectivity index (χ1n) is 10.3. The highest BCUT2D eigenvalue weighted by Crippen LogP contribution is 2.52. The van der Waals surface area contributed by atoms with Crippen LogP contribution in [0.5, 0.6) is 11.5 Å². The molecule has 0 spiro atoms. The molecular weight excluding hydrogens is 432 g/mol. The van der Waals surface area contributed by atoms with Crippen LogP contribution < -0.4 is 5.32 Å². The van der Waals surface area contributed by atoms with Crippen molar-refractivity contribution in [3.05, 3.63) is 59.7 Å². The number of carbonyl (C=O) groups excluding carboxylic acids is 2. The standard InChI is InChI=1S/C23H22N2O8/c26-13-6-7-14(15(27)10-13)19-17-18(23(24-19,22(32)33)9-8-16(28)29)21(31)25(20(17)30)11-12-4-2-1-3-5-12/h1-7,10,17-19,24,26-27H,8-9,11H2,(H,28,29)(H,32,33). The van der Waals surface area contributed by atoms with Gasteiger partial charge in [-0.2, -0.15) is 0 Å². The molecule has 2 saturated heterocycles. The quantitative estimate of drug-likeness (QED) is 0.387. The van der Waals surface area contributed by atoms with Gasteiger partial charge in [0.05, 0.1) is 18.4 Å². The summed E-state index contributed by atoms with van der Waals surface area (Å²) in [6.07, 6.45) is -0.983. The zero-order valence-electron chi connectivity index (χ0n) is 17.3. The van der Waals surface area contributed by atoms with E-state index in [0.29, 0.717) is 5.56 Å². The first-order chi connectivity index (χ1) is 15.7. The molecule has 0 aliphatic carbocycles. The summed E-state index contributed by atoms with van der Waals surface area (Å²) in [5, 5.41) is 42.2. The summed E-state index contributed by atoms with van der Waals surface area (Å²) >= 11 is 0. The Morgan fingerprint density at radius 3 is 2.30 bits per heavy atom. The molecule has 2 aliphatic heterocycles. The number of fused-ring (bicyclic) bond motifs is 1. The van der Waals surface area contributed by atoms with Gasteiger partial charge in [-0.1, -0.05) is 36.4 Å². The first-order valence-corrected chi connectivity index (χ1v) is 10.3. The van der Waals surface area contributed by atoms with Gasteiger partial charge in [0.1, 0.15) is 17.0 Å². The Balaban J connectivity index is 1.81. The third kappa shape index (κ3) is 3.68. The molecule has 172 valence electrons. The number of likely N-dealkylation sites (tertiary alicyclic amines) is 1. The molecule has 2 fully saturated rings. The molecule has 2 aliphatic rings. The molecule has 0 saturated carbocycles. The van der Waals surface area contributed by atoms with Gasteiger partial charge < -0.3 is 20.4 Å². The van der Waals surface area contributed by atoms with E-state index in [2.05, 4.69) is 5.32 Å². The SMILES string of the molecule is O=C(O)CCC1(C(=O)O)NC(c2ccc(O)cc2O)C2C(=O)N(Cc3ccccc3)C(=O)C21. The molecule has 2 aromatic carbocycles. The lowest BCUT2D eigenvalue weighted by atomic mass is 9.77. The third-order valence-corrected chi connectivity index (χ3v) is 6.39. The summed E-state index contributed by atoms with van der Waals surface area (Å²) in [5.74, 6) is -7.20. The number of carboxylic acids is 2. The summed E-state index contributed by atoms with van der Waals surface area (Å²) in [7, 11) is 0. The number of rotatable bonds is 7. The molecule has 0 bridgehead atoms. The van der Waals surface area contributed by atoms with Crippen LogP contribution in [0.15, 0.2) is 48.5 Å². The van der Waals surface area contributed by atoms with E-state index in [1.807, 2.05) is 0 Å². The van der Waals surface area contributed by atoms with Crippen molar-refractivity contribution in [1.82, 2.24) is 10.2 Å². The first kappa shape index (κ1) is 22.3. The van der Waals surface area contributed by atoms with E-state index in [9.17, 15) is 39.6 Å². The molecule has 5 N–H and O–H groups in total. The number of hydrogen-bond acceptors (Lipinski definition) is 7. The molecule has 10 heteroatoms. The van der Waals surface area contributed by atoms with Crippen LogP contribution in [0.4, 0.5) is 0 Å². The number of phenols is 2. The zero-order valence-corrected chi connectivity index (χ0v) is 17.3. The Bertz CT molecular complexity index is 1130. The Labute approximate surface area is 188 Å². The zero-order chi connectivity index (χ0) is 23.9. The van der Waals surface area contributed by atoms with Crippen molar-refractivity contribution >= 4 is 23.8 Å². The highest BCUT2D eigenvalue weighted by atomic mass is 16.4. The number of carboxylic acid groups (broad SMARTS) is 2. The van der Waals surface area contributed by atoms with Crippen molar-refractivity contribution in [1.29, 1.82) is 0 Å². The molecule has 10 nitrogen and oxygen atoms in total. The van der Waals surface area contributed by atoms with E-state index in [4.69, 9.17) is 0 Å². The minimum Gasteiger partial charge on any atom is -0.508 e. The van der Waals surface area contributed by atoms with E-state index in [1.54, 1.807) is 30.3 Å². The van der Waals surface area contributed by atoms with Crippen LogP contribution in [0.2, 0.25) is 0 Å². The highest BCUT2D eigenvalue weighted by molar-refractivity contribution is 6.09.